The van der Waals surface area contributed by atoms with E-state index in [0.717, 1.165) is 23.5 Å². The molecule has 0 spiro atoms. The summed E-state index contributed by atoms with van der Waals surface area (Å²) >= 11 is 3.42. The van der Waals surface area contributed by atoms with Crippen molar-refractivity contribution in [3.05, 3.63) is 22.4 Å². The van der Waals surface area contributed by atoms with Crippen LogP contribution < -0.4 is 5.32 Å². The number of hydrogen-bond acceptors (Lipinski definition) is 4. The minimum absolute atomic E-state index is 0.00502. The Morgan fingerprint density at radius 3 is 3.12 bits per heavy atom. The summed E-state index contributed by atoms with van der Waals surface area (Å²) in [5, 5.41) is 6.72. The van der Waals surface area contributed by atoms with E-state index in [-0.39, 0.29) is 11.5 Å². The first-order valence-electron chi connectivity index (χ1n) is 5.19. The second kappa shape index (κ2) is 5.21. The van der Waals surface area contributed by atoms with Gasteiger partial charge in [0.05, 0.1) is 5.60 Å². The van der Waals surface area contributed by atoms with Crippen molar-refractivity contribution < 1.29 is 9.53 Å². The molecular weight excluding hydrogens is 242 g/mol. The quantitative estimate of drug-likeness (QED) is 0.896. The molecule has 1 N–H and O–H groups in total. The van der Waals surface area contributed by atoms with Crippen LogP contribution in [0, 0.1) is 0 Å². The molecule has 0 unspecified atom stereocenters. The standard InChI is InChI=1S/C11H15NO2S2/c1-14-11(3-5-16-8-11)7-12-10(13)9-2-4-15-6-9/h2,4,6H,3,5,7-8H2,1H3,(H,12,13)/t11-/m1/s1. The second-order valence-electron chi connectivity index (χ2n) is 3.88. The van der Waals surface area contributed by atoms with Gasteiger partial charge in [-0.15, -0.1) is 0 Å². The monoisotopic (exact) mass is 257 g/mol. The van der Waals surface area contributed by atoms with Gasteiger partial charge in [-0.1, -0.05) is 0 Å². The van der Waals surface area contributed by atoms with Crippen LogP contribution in [0.5, 0.6) is 0 Å². The van der Waals surface area contributed by atoms with Crippen molar-refractivity contribution in [3.63, 3.8) is 0 Å². The van der Waals surface area contributed by atoms with Gasteiger partial charge < -0.3 is 10.1 Å². The van der Waals surface area contributed by atoms with Crippen molar-refractivity contribution in [2.75, 3.05) is 25.2 Å². The molecule has 1 fully saturated rings. The lowest BCUT2D eigenvalue weighted by atomic mass is 10.0. The van der Waals surface area contributed by atoms with Gasteiger partial charge in [0.1, 0.15) is 0 Å². The summed E-state index contributed by atoms with van der Waals surface area (Å²) in [6.45, 7) is 0.602. The van der Waals surface area contributed by atoms with E-state index in [1.54, 1.807) is 7.11 Å². The number of rotatable bonds is 4. The molecule has 0 radical (unpaired) electrons. The second-order valence-corrected chi connectivity index (χ2v) is 5.77. The van der Waals surface area contributed by atoms with Crippen LogP contribution in [0.4, 0.5) is 0 Å². The SMILES string of the molecule is CO[C@@]1(CNC(=O)c2ccsc2)CCSC1. The average molecular weight is 257 g/mol. The first-order chi connectivity index (χ1) is 7.76. The number of methoxy groups -OCH3 is 1. The van der Waals surface area contributed by atoms with E-state index in [0.29, 0.717) is 6.54 Å². The number of thioether (sulfide) groups is 1. The summed E-state index contributed by atoms with van der Waals surface area (Å²) < 4.78 is 5.53. The Kier molecular flexibility index (Phi) is 3.89. The molecule has 16 heavy (non-hydrogen) atoms. The number of carbonyl (C=O) groups is 1. The fourth-order valence-corrected chi connectivity index (χ4v) is 3.73. The molecule has 3 nitrogen and oxygen atoms in total. The summed E-state index contributed by atoms with van der Waals surface area (Å²) in [6.07, 6.45) is 1.01. The Hall–Kier alpha value is -0.520. The fourth-order valence-electron chi connectivity index (χ4n) is 1.70. The van der Waals surface area contributed by atoms with Gasteiger partial charge in [0.15, 0.2) is 0 Å². The Balaban J connectivity index is 1.89. The minimum Gasteiger partial charge on any atom is -0.376 e. The summed E-state index contributed by atoms with van der Waals surface area (Å²) in [5.41, 5.74) is 0.581. The van der Waals surface area contributed by atoms with Gasteiger partial charge in [0.25, 0.3) is 5.91 Å². The molecule has 1 aliphatic rings. The van der Waals surface area contributed by atoms with Crippen molar-refractivity contribution >= 4 is 29.0 Å². The Bertz CT molecular complexity index is 345. The molecule has 1 aromatic rings. The molecule has 1 saturated heterocycles. The third-order valence-electron chi connectivity index (χ3n) is 2.85. The molecule has 5 heteroatoms. The number of ether oxygens (including phenoxy) is 1. The predicted molar refractivity (Wildman–Crippen MR) is 68.3 cm³/mol. The van der Waals surface area contributed by atoms with Crippen LogP contribution in [-0.4, -0.2) is 36.7 Å². The van der Waals surface area contributed by atoms with E-state index >= 15 is 0 Å². The summed E-state index contributed by atoms with van der Waals surface area (Å²) in [4.78, 5) is 11.8. The van der Waals surface area contributed by atoms with Crippen LogP contribution in [0.2, 0.25) is 0 Å². The zero-order chi connectivity index (χ0) is 11.4. The highest BCUT2D eigenvalue weighted by Gasteiger charge is 2.34. The largest absolute Gasteiger partial charge is 0.376 e. The van der Waals surface area contributed by atoms with E-state index in [1.165, 1.54) is 11.3 Å². The maximum Gasteiger partial charge on any atom is 0.252 e. The van der Waals surface area contributed by atoms with Crippen LogP contribution >= 0.6 is 23.1 Å². The minimum atomic E-state index is -0.156. The average Bonchev–Trinajstić information content (AvgIpc) is 2.98. The summed E-state index contributed by atoms with van der Waals surface area (Å²) in [5.74, 6) is 2.07. The van der Waals surface area contributed by atoms with Crippen LogP contribution in [0.3, 0.4) is 0 Å². The van der Waals surface area contributed by atoms with Gasteiger partial charge in [0, 0.05) is 30.4 Å². The van der Waals surface area contributed by atoms with E-state index < -0.39 is 0 Å². The molecule has 2 rings (SSSR count). The highest BCUT2D eigenvalue weighted by Crippen LogP contribution is 2.30. The first-order valence-corrected chi connectivity index (χ1v) is 7.29. The lowest BCUT2D eigenvalue weighted by Gasteiger charge is -2.26. The van der Waals surface area contributed by atoms with Crippen molar-refractivity contribution in [2.45, 2.75) is 12.0 Å². The molecule has 1 amide bonds. The number of thiophene rings is 1. The van der Waals surface area contributed by atoms with Crippen molar-refractivity contribution in [3.8, 4) is 0 Å². The highest BCUT2D eigenvalue weighted by atomic mass is 32.2. The molecule has 1 aromatic heterocycles. The third-order valence-corrected chi connectivity index (χ3v) is 4.76. The molecular formula is C11H15NO2S2. The molecule has 0 bridgehead atoms. The zero-order valence-corrected chi connectivity index (χ0v) is 10.8. The van der Waals surface area contributed by atoms with Crippen LogP contribution in [0.1, 0.15) is 16.8 Å². The van der Waals surface area contributed by atoms with Gasteiger partial charge >= 0.3 is 0 Å². The van der Waals surface area contributed by atoms with Crippen molar-refractivity contribution in [1.29, 1.82) is 0 Å². The molecule has 0 aromatic carbocycles. The molecule has 2 heterocycles. The predicted octanol–water partition coefficient (Wildman–Crippen LogP) is 2.00. The molecule has 1 atom stereocenters. The lowest BCUT2D eigenvalue weighted by Crippen LogP contribution is -2.44. The molecule has 88 valence electrons. The molecule has 0 saturated carbocycles. The number of nitrogens with one attached hydrogen (secondary N) is 1. The van der Waals surface area contributed by atoms with E-state index in [4.69, 9.17) is 4.74 Å². The summed E-state index contributed by atoms with van der Waals surface area (Å²) in [7, 11) is 1.72. The van der Waals surface area contributed by atoms with E-state index in [9.17, 15) is 4.79 Å². The van der Waals surface area contributed by atoms with E-state index in [1.807, 2.05) is 28.6 Å². The Morgan fingerprint density at radius 1 is 1.69 bits per heavy atom. The number of carbonyl (C=O) groups excluding carboxylic acids is 1. The lowest BCUT2D eigenvalue weighted by molar-refractivity contribution is 0.0137. The van der Waals surface area contributed by atoms with Gasteiger partial charge in [-0.25, -0.2) is 0 Å². The zero-order valence-electron chi connectivity index (χ0n) is 9.19. The van der Waals surface area contributed by atoms with Gasteiger partial charge in [-0.05, 0) is 23.6 Å². The fraction of sp³-hybridized carbons (Fsp3) is 0.545. The van der Waals surface area contributed by atoms with Gasteiger partial charge in [0.2, 0.25) is 0 Å². The van der Waals surface area contributed by atoms with Crippen LogP contribution in [-0.2, 0) is 4.74 Å². The highest BCUT2D eigenvalue weighted by molar-refractivity contribution is 7.99. The smallest absolute Gasteiger partial charge is 0.252 e. The maximum atomic E-state index is 11.8. The number of amides is 1. The summed E-state index contributed by atoms with van der Waals surface area (Å²) in [6, 6.07) is 1.84. The number of hydrogen-bond donors (Lipinski definition) is 1. The topological polar surface area (TPSA) is 38.3 Å². The normalized spacial score (nSPS) is 24.6. The third kappa shape index (κ3) is 2.59. The van der Waals surface area contributed by atoms with Crippen molar-refractivity contribution in [2.24, 2.45) is 0 Å². The Labute approximate surface area is 104 Å². The van der Waals surface area contributed by atoms with Gasteiger partial charge in [-0.3, -0.25) is 4.79 Å². The molecule has 0 aliphatic carbocycles. The van der Waals surface area contributed by atoms with Crippen molar-refractivity contribution in [1.82, 2.24) is 5.32 Å². The Morgan fingerprint density at radius 2 is 2.56 bits per heavy atom. The van der Waals surface area contributed by atoms with Crippen LogP contribution in [0.25, 0.3) is 0 Å². The molecule has 1 aliphatic heterocycles. The van der Waals surface area contributed by atoms with Crippen LogP contribution in [0.15, 0.2) is 16.8 Å². The maximum absolute atomic E-state index is 11.8. The van der Waals surface area contributed by atoms with E-state index in [2.05, 4.69) is 5.32 Å². The van der Waals surface area contributed by atoms with Gasteiger partial charge in [-0.2, -0.15) is 23.1 Å². The first kappa shape index (κ1) is 12.0.